The highest BCUT2D eigenvalue weighted by molar-refractivity contribution is 5.89. The number of nitrogens with two attached hydrogens (primary N) is 1. The summed E-state index contributed by atoms with van der Waals surface area (Å²) in [5.41, 5.74) is 3.00. The standard InChI is InChI=1S/C18H31N3O6/c1-16(2,3)26-14(23)20-18(13(19)22)7-11-9-25-10-12(8-18)21(11)15(24)27-17(4,5)6/h11-12H,7-10H2,1-6H3,(H2,19,22)(H,20,23). The van der Waals surface area contributed by atoms with E-state index >= 15 is 0 Å². The number of hydrogen-bond donors (Lipinski definition) is 2. The Morgan fingerprint density at radius 1 is 1.00 bits per heavy atom. The van der Waals surface area contributed by atoms with Gasteiger partial charge in [0.15, 0.2) is 0 Å². The molecule has 9 heteroatoms. The van der Waals surface area contributed by atoms with Crippen LogP contribution < -0.4 is 11.1 Å². The van der Waals surface area contributed by atoms with Crippen molar-refractivity contribution in [3.05, 3.63) is 0 Å². The van der Waals surface area contributed by atoms with E-state index in [0.717, 1.165) is 0 Å². The maximum Gasteiger partial charge on any atom is 0.410 e. The summed E-state index contributed by atoms with van der Waals surface area (Å²) in [7, 11) is 0. The molecule has 9 nitrogen and oxygen atoms in total. The van der Waals surface area contributed by atoms with Crippen LogP contribution in [0.5, 0.6) is 0 Å². The van der Waals surface area contributed by atoms with Crippen LogP contribution in [0, 0.1) is 0 Å². The number of ether oxygens (including phenoxy) is 3. The van der Waals surface area contributed by atoms with Gasteiger partial charge in [-0.25, -0.2) is 9.59 Å². The van der Waals surface area contributed by atoms with Gasteiger partial charge in [-0.1, -0.05) is 0 Å². The zero-order valence-corrected chi connectivity index (χ0v) is 17.0. The number of alkyl carbamates (subject to hydrolysis) is 1. The van der Waals surface area contributed by atoms with Crippen molar-refractivity contribution in [3.8, 4) is 0 Å². The fraction of sp³-hybridized carbons (Fsp3) is 0.833. The number of piperidine rings is 1. The first-order valence-electron chi connectivity index (χ1n) is 9.12. The van der Waals surface area contributed by atoms with E-state index in [1.165, 1.54) is 0 Å². The van der Waals surface area contributed by atoms with Gasteiger partial charge in [-0.3, -0.25) is 9.69 Å². The van der Waals surface area contributed by atoms with Crippen molar-refractivity contribution in [1.82, 2.24) is 10.2 Å². The van der Waals surface area contributed by atoms with E-state index in [1.807, 2.05) is 0 Å². The first-order chi connectivity index (χ1) is 12.2. The molecule has 154 valence electrons. The van der Waals surface area contributed by atoms with E-state index in [9.17, 15) is 14.4 Å². The van der Waals surface area contributed by atoms with Crippen LogP contribution in [0.3, 0.4) is 0 Å². The molecule has 2 aliphatic rings. The molecular weight excluding hydrogens is 354 g/mol. The average Bonchev–Trinajstić information content (AvgIpc) is 2.41. The Hall–Kier alpha value is -2.03. The summed E-state index contributed by atoms with van der Waals surface area (Å²) < 4.78 is 16.3. The number of morpholine rings is 1. The second-order valence-electron chi connectivity index (χ2n) is 9.21. The summed E-state index contributed by atoms with van der Waals surface area (Å²) in [5.74, 6) is -0.658. The van der Waals surface area contributed by atoms with Crippen LogP contribution in [0.15, 0.2) is 0 Å². The molecular formula is C18H31N3O6. The molecule has 2 unspecified atom stereocenters. The van der Waals surface area contributed by atoms with Crippen molar-refractivity contribution in [2.75, 3.05) is 13.2 Å². The normalized spacial score (nSPS) is 28.3. The fourth-order valence-corrected chi connectivity index (χ4v) is 3.48. The molecule has 2 saturated heterocycles. The summed E-state index contributed by atoms with van der Waals surface area (Å²) in [6, 6.07) is -0.871. The quantitative estimate of drug-likeness (QED) is 0.744. The zero-order chi connectivity index (χ0) is 20.6. The predicted molar refractivity (Wildman–Crippen MR) is 97.0 cm³/mol. The third-order valence-electron chi connectivity index (χ3n) is 4.39. The smallest absolute Gasteiger partial charge is 0.410 e. The van der Waals surface area contributed by atoms with Gasteiger partial charge in [-0.05, 0) is 41.5 Å². The van der Waals surface area contributed by atoms with Crippen LogP contribution in [0.4, 0.5) is 9.59 Å². The monoisotopic (exact) mass is 385 g/mol. The molecule has 0 saturated carbocycles. The first kappa shape index (κ1) is 21.3. The second-order valence-corrected chi connectivity index (χ2v) is 9.21. The van der Waals surface area contributed by atoms with Crippen LogP contribution in [0.25, 0.3) is 0 Å². The molecule has 2 aliphatic heterocycles. The van der Waals surface area contributed by atoms with Gasteiger partial charge in [0.25, 0.3) is 0 Å². The lowest BCUT2D eigenvalue weighted by molar-refractivity contribution is -0.137. The van der Waals surface area contributed by atoms with E-state index < -0.39 is 46.9 Å². The maximum atomic E-state index is 12.6. The highest BCUT2D eigenvalue weighted by Gasteiger charge is 2.53. The number of hydrogen-bond acceptors (Lipinski definition) is 6. The third-order valence-corrected chi connectivity index (χ3v) is 4.39. The van der Waals surface area contributed by atoms with Crippen LogP contribution in [-0.4, -0.2) is 65.0 Å². The minimum absolute atomic E-state index is 0.136. The van der Waals surface area contributed by atoms with Crippen molar-refractivity contribution in [1.29, 1.82) is 0 Å². The van der Waals surface area contributed by atoms with Gasteiger partial charge >= 0.3 is 12.2 Å². The van der Waals surface area contributed by atoms with Gasteiger partial charge in [-0.2, -0.15) is 0 Å². The highest BCUT2D eigenvalue weighted by atomic mass is 16.6. The molecule has 3 amide bonds. The number of amides is 3. The number of fused-ring (bicyclic) bond motifs is 2. The first-order valence-corrected chi connectivity index (χ1v) is 9.12. The Morgan fingerprint density at radius 2 is 1.48 bits per heavy atom. The number of nitrogens with one attached hydrogen (secondary N) is 1. The Kier molecular flexibility index (Phi) is 5.66. The SMILES string of the molecule is CC(C)(C)OC(=O)NC1(C(N)=O)CC2COCC(C1)N2C(=O)OC(C)(C)C. The van der Waals surface area contributed by atoms with E-state index in [2.05, 4.69) is 5.32 Å². The Labute approximate surface area is 159 Å². The van der Waals surface area contributed by atoms with Crippen LogP contribution in [0.1, 0.15) is 54.4 Å². The summed E-state index contributed by atoms with van der Waals surface area (Å²) in [6.45, 7) is 11.0. The molecule has 3 N–H and O–H groups in total. The van der Waals surface area contributed by atoms with Crippen molar-refractivity contribution in [2.45, 2.75) is 83.2 Å². The molecule has 0 spiro atoms. The topological polar surface area (TPSA) is 120 Å². The number of carbonyl (C=O) groups is 3. The largest absolute Gasteiger partial charge is 0.444 e. The number of nitrogens with zero attached hydrogens (tertiary/aromatic N) is 1. The lowest BCUT2D eigenvalue weighted by atomic mass is 9.78. The minimum Gasteiger partial charge on any atom is -0.444 e. The zero-order valence-electron chi connectivity index (χ0n) is 17.0. The van der Waals surface area contributed by atoms with Gasteiger partial charge in [0.1, 0.15) is 16.7 Å². The minimum atomic E-state index is -1.31. The van der Waals surface area contributed by atoms with Crippen molar-refractivity contribution in [3.63, 3.8) is 0 Å². The molecule has 2 bridgehead atoms. The van der Waals surface area contributed by atoms with Crippen molar-refractivity contribution >= 4 is 18.1 Å². The summed E-state index contributed by atoms with van der Waals surface area (Å²) >= 11 is 0. The van der Waals surface area contributed by atoms with Crippen LogP contribution in [-0.2, 0) is 19.0 Å². The Balaban J connectivity index is 2.21. The van der Waals surface area contributed by atoms with Gasteiger partial charge in [0.2, 0.25) is 5.91 Å². The molecule has 2 rings (SSSR count). The predicted octanol–water partition coefficient (Wildman–Crippen LogP) is 1.53. The lowest BCUT2D eigenvalue weighted by Crippen LogP contribution is -2.71. The molecule has 0 aromatic rings. The number of rotatable bonds is 2. The third kappa shape index (κ3) is 5.24. The van der Waals surface area contributed by atoms with E-state index in [4.69, 9.17) is 19.9 Å². The fourth-order valence-electron chi connectivity index (χ4n) is 3.48. The maximum absolute atomic E-state index is 12.6. The van der Waals surface area contributed by atoms with Crippen molar-refractivity contribution in [2.24, 2.45) is 5.73 Å². The molecule has 2 fully saturated rings. The molecule has 2 atom stereocenters. The van der Waals surface area contributed by atoms with Gasteiger partial charge in [0.05, 0.1) is 25.3 Å². The second kappa shape index (κ2) is 7.18. The molecule has 2 heterocycles. The van der Waals surface area contributed by atoms with E-state index in [-0.39, 0.29) is 26.1 Å². The summed E-state index contributed by atoms with van der Waals surface area (Å²) in [4.78, 5) is 38.8. The molecule has 0 aromatic carbocycles. The number of primary amides is 1. The molecule has 27 heavy (non-hydrogen) atoms. The van der Waals surface area contributed by atoms with Gasteiger partial charge in [-0.15, -0.1) is 0 Å². The molecule has 0 radical (unpaired) electrons. The van der Waals surface area contributed by atoms with Crippen LogP contribution in [0.2, 0.25) is 0 Å². The molecule has 0 aliphatic carbocycles. The highest BCUT2D eigenvalue weighted by Crippen LogP contribution is 2.35. The average molecular weight is 385 g/mol. The van der Waals surface area contributed by atoms with Gasteiger partial charge < -0.3 is 25.3 Å². The Morgan fingerprint density at radius 3 is 1.89 bits per heavy atom. The summed E-state index contributed by atoms with van der Waals surface area (Å²) in [5, 5.41) is 2.65. The Bertz CT molecular complexity index is 593. The van der Waals surface area contributed by atoms with E-state index in [0.29, 0.717) is 0 Å². The number of carbonyl (C=O) groups excluding carboxylic acids is 3. The molecule has 0 aromatic heterocycles. The van der Waals surface area contributed by atoms with Gasteiger partial charge in [0, 0.05) is 12.8 Å². The van der Waals surface area contributed by atoms with Crippen molar-refractivity contribution < 1.29 is 28.6 Å². The van der Waals surface area contributed by atoms with Crippen LogP contribution >= 0.6 is 0 Å². The summed E-state index contributed by atoms with van der Waals surface area (Å²) in [6.07, 6.45) is -0.906. The van der Waals surface area contributed by atoms with E-state index in [1.54, 1.807) is 46.4 Å². The lowest BCUT2D eigenvalue weighted by Gasteiger charge is -2.51.